The molecular weight excluding hydrogens is 295 g/mol. The first-order valence-corrected chi connectivity index (χ1v) is 6.86. The molecule has 0 aliphatic heterocycles. The highest BCUT2D eigenvalue weighted by Gasteiger charge is 2.10. The summed E-state index contributed by atoms with van der Waals surface area (Å²) in [6.07, 6.45) is 0. The molecule has 0 saturated carbocycles. The number of anilines is 1. The number of nitrogens with one attached hydrogen (secondary N) is 2. The smallest absolute Gasteiger partial charge is 0.255 e. The predicted octanol–water partition coefficient (Wildman–Crippen LogP) is 3.97. The standard InChI is InChI=1S/C15H14Cl2N2O/c1-18-9-11-4-2-3-5-14(11)19-15(20)10-6-7-12(16)13(17)8-10/h2-8,18H,9H2,1H3,(H,19,20). The zero-order valence-corrected chi connectivity index (χ0v) is 12.4. The molecule has 0 aromatic heterocycles. The molecule has 0 aliphatic rings. The van der Waals surface area contributed by atoms with Gasteiger partial charge >= 0.3 is 0 Å². The summed E-state index contributed by atoms with van der Waals surface area (Å²) in [5.41, 5.74) is 2.26. The second-order valence-corrected chi connectivity index (χ2v) is 5.08. The molecule has 0 atom stereocenters. The van der Waals surface area contributed by atoms with Crippen molar-refractivity contribution in [3.05, 3.63) is 63.6 Å². The summed E-state index contributed by atoms with van der Waals surface area (Å²) in [5, 5.41) is 6.73. The highest BCUT2D eigenvalue weighted by Crippen LogP contribution is 2.23. The number of amides is 1. The lowest BCUT2D eigenvalue weighted by atomic mass is 10.1. The van der Waals surface area contributed by atoms with Crippen LogP contribution in [0.4, 0.5) is 5.69 Å². The Morgan fingerprint density at radius 2 is 1.85 bits per heavy atom. The Kier molecular flexibility index (Phi) is 5.01. The van der Waals surface area contributed by atoms with Gasteiger partial charge in [-0.15, -0.1) is 0 Å². The SMILES string of the molecule is CNCc1ccccc1NC(=O)c1ccc(Cl)c(Cl)c1. The third kappa shape index (κ3) is 3.51. The van der Waals surface area contributed by atoms with E-state index < -0.39 is 0 Å². The maximum Gasteiger partial charge on any atom is 0.255 e. The van der Waals surface area contributed by atoms with Crippen LogP contribution in [0.1, 0.15) is 15.9 Å². The van der Waals surface area contributed by atoms with Crippen LogP contribution >= 0.6 is 23.2 Å². The van der Waals surface area contributed by atoms with Gasteiger partial charge in [0.2, 0.25) is 0 Å². The van der Waals surface area contributed by atoms with Crippen molar-refractivity contribution < 1.29 is 4.79 Å². The van der Waals surface area contributed by atoms with Crippen molar-refractivity contribution in [1.29, 1.82) is 0 Å². The molecule has 1 amide bonds. The van der Waals surface area contributed by atoms with Crippen molar-refractivity contribution in [2.45, 2.75) is 6.54 Å². The minimum atomic E-state index is -0.216. The van der Waals surface area contributed by atoms with E-state index in [1.165, 1.54) is 0 Å². The molecule has 0 saturated heterocycles. The van der Waals surface area contributed by atoms with Gasteiger partial charge in [0.1, 0.15) is 0 Å². The lowest BCUT2D eigenvalue weighted by molar-refractivity contribution is 0.102. The molecule has 0 spiro atoms. The Bertz CT molecular complexity index is 629. The molecule has 2 N–H and O–H groups in total. The molecule has 3 nitrogen and oxygen atoms in total. The van der Waals surface area contributed by atoms with E-state index in [0.717, 1.165) is 11.3 Å². The van der Waals surface area contributed by atoms with E-state index in [4.69, 9.17) is 23.2 Å². The third-order valence-corrected chi connectivity index (χ3v) is 3.55. The topological polar surface area (TPSA) is 41.1 Å². The molecule has 0 bridgehead atoms. The van der Waals surface area contributed by atoms with E-state index in [1.54, 1.807) is 18.2 Å². The van der Waals surface area contributed by atoms with Crippen molar-refractivity contribution in [1.82, 2.24) is 5.32 Å². The van der Waals surface area contributed by atoms with Gasteiger partial charge in [-0.2, -0.15) is 0 Å². The molecule has 20 heavy (non-hydrogen) atoms. The van der Waals surface area contributed by atoms with Gasteiger partial charge in [0.25, 0.3) is 5.91 Å². The average molecular weight is 309 g/mol. The normalized spacial score (nSPS) is 10.3. The summed E-state index contributed by atoms with van der Waals surface area (Å²) >= 11 is 11.8. The lowest BCUT2D eigenvalue weighted by Crippen LogP contribution is -2.15. The minimum absolute atomic E-state index is 0.216. The molecule has 104 valence electrons. The predicted molar refractivity (Wildman–Crippen MR) is 83.6 cm³/mol. The monoisotopic (exact) mass is 308 g/mol. The Balaban J connectivity index is 2.21. The quantitative estimate of drug-likeness (QED) is 0.897. The van der Waals surface area contributed by atoms with E-state index in [9.17, 15) is 4.79 Å². The summed E-state index contributed by atoms with van der Waals surface area (Å²) in [5.74, 6) is -0.216. The number of halogens is 2. The van der Waals surface area contributed by atoms with Crippen LogP contribution in [-0.2, 0) is 6.54 Å². The van der Waals surface area contributed by atoms with Gasteiger partial charge < -0.3 is 10.6 Å². The summed E-state index contributed by atoms with van der Waals surface area (Å²) < 4.78 is 0. The summed E-state index contributed by atoms with van der Waals surface area (Å²) in [6.45, 7) is 0.678. The second kappa shape index (κ2) is 6.75. The molecule has 2 aromatic carbocycles. The first-order valence-electron chi connectivity index (χ1n) is 6.10. The molecule has 0 heterocycles. The van der Waals surface area contributed by atoms with Crippen molar-refractivity contribution >= 4 is 34.8 Å². The molecule has 2 aromatic rings. The number of benzene rings is 2. The molecule has 2 rings (SSSR count). The fourth-order valence-corrected chi connectivity index (χ4v) is 2.12. The summed E-state index contributed by atoms with van der Waals surface area (Å²) in [4.78, 5) is 12.2. The molecule has 0 unspecified atom stereocenters. The van der Waals surface area contributed by atoms with E-state index >= 15 is 0 Å². The second-order valence-electron chi connectivity index (χ2n) is 4.27. The highest BCUT2D eigenvalue weighted by molar-refractivity contribution is 6.42. The van der Waals surface area contributed by atoms with Crippen LogP contribution in [0.15, 0.2) is 42.5 Å². The Morgan fingerprint density at radius 1 is 1.10 bits per heavy atom. The van der Waals surface area contributed by atoms with Gasteiger partial charge in [0.05, 0.1) is 10.0 Å². The van der Waals surface area contributed by atoms with Gasteiger partial charge in [-0.25, -0.2) is 0 Å². The lowest BCUT2D eigenvalue weighted by Gasteiger charge is -2.11. The number of hydrogen-bond donors (Lipinski definition) is 2. The molecule has 0 radical (unpaired) electrons. The van der Waals surface area contributed by atoms with Gasteiger partial charge in [-0.05, 0) is 36.9 Å². The maximum atomic E-state index is 12.2. The first-order chi connectivity index (χ1) is 9.61. The van der Waals surface area contributed by atoms with E-state index in [2.05, 4.69) is 10.6 Å². The number of carbonyl (C=O) groups excluding carboxylic acids is 1. The summed E-state index contributed by atoms with van der Waals surface area (Å²) in [7, 11) is 1.86. The molecule has 0 aliphatic carbocycles. The van der Waals surface area contributed by atoms with Crippen LogP contribution in [0.3, 0.4) is 0 Å². The van der Waals surface area contributed by atoms with Crippen LogP contribution in [0, 0.1) is 0 Å². The largest absolute Gasteiger partial charge is 0.322 e. The van der Waals surface area contributed by atoms with Crippen LogP contribution in [0.25, 0.3) is 0 Å². The molecular formula is C15H14Cl2N2O. The summed E-state index contributed by atoms with van der Waals surface area (Å²) in [6, 6.07) is 12.4. The fraction of sp³-hybridized carbons (Fsp3) is 0.133. The minimum Gasteiger partial charge on any atom is -0.322 e. The van der Waals surface area contributed by atoms with Gasteiger partial charge in [0, 0.05) is 17.8 Å². The van der Waals surface area contributed by atoms with Gasteiger partial charge in [0.15, 0.2) is 0 Å². The van der Waals surface area contributed by atoms with E-state index in [0.29, 0.717) is 22.2 Å². The highest BCUT2D eigenvalue weighted by atomic mass is 35.5. The Labute approximate surface area is 127 Å². The molecule has 0 fully saturated rings. The van der Waals surface area contributed by atoms with Crippen LogP contribution in [-0.4, -0.2) is 13.0 Å². The maximum absolute atomic E-state index is 12.2. The van der Waals surface area contributed by atoms with Crippen LogP contribution in [0.5, 0.6) is 0 Å². The Hall–Kier alpha value is -1.55. The van der Waals surface area contributed by atoms with Crippen molar-refractivity contribution in [3.63, 3.8) is 0 Å². The fourth-order valence-electron chi connectivity index (χ4n) is 1.82. The third-order valence-electron chi connectivity index (χ3n) is 2.81. The van der Waals surface area contributed by atoms with Crippen LogP contribution < -0.4 is 10.6 Å². The number of rotatable bonds is 4. The van der Waals surface area contributed by atoms with Crippen molar-refractivity contribution in [3.8, 4) is 0 Å². The molecule has 5 heteroatoms. The first kappa shape index (κ1) is 14.9. The zero-order valence-electron chi connectivity index (χ0n) is 10.9. The van der Waals surface area contributed by atoms with Gasteiger partial charge in [-0.3, -0.25) is 4.79 Å². The van der Waals surface area contributed by atoms with Crippen molar-refractivity contribution in [2.75, 3.05) is 12.4 Å². The van der Waals surface area contributed by atoms with E-state index in [1.807, 2.05) is 31.3 Å². The number of carbonyl (C=O) groups is 1. The van der Waals surface area contributed by atoms with Crippen LogP contribution in [0.2, 0.25) is 10.0 Å². The van der Waals surface area contributed by atoms with E-state index in [-0.39, 0.29) is 5.91 Å². The van der Waals surface area contributed by atoms with Crippen molar-refractivity contribution in [2.24, 2.45) is 0 Å². The number of hydrogen-bond acceptors (Lipinski definition) is 2. The van der Waals surface area contributed by atoms with Gasteiger partial charge in [-0.1, -0.05) is 41.4 Å². The Morgan fingerprint density at radius 3 is 2.55 bits per heavy atom. The zero-order chi connectivity index (χ0) is 14.5. The number of para-hydroxylation sites is 1. The average Bonchev–Trinajstić information content (AvgIpc) is 2.44.